The first kappa shape index (κ1) is 31.4. The minimum absolute atomic E-state index is 0.0415. The third-order valence-electron chi connectivity index (χ3n) is 15.5. The molecule has 248 valence electrons. The standard InChI is InChI=1S/C37H58O7/c1-31(2)14-16-37-17-15-35(8)23(27(37)29(31)41-21-37)10-11-26-34(7)18-24(28(38)32(3,4)25(34)12-13-36(26,35)9)43-30(39)40-19-22-20-42-33(5,6)44-22/h22-27,29H,10-21H2,1-9H3/t22?,23-,24?,25+,26-,27?,29?,34+,35-,36-,37-/m1/s1. The van der Waals surface area contributed by atoms with Gasteiger partial charge in [0.05, 0.1) is 19.3 Å². The highest BCUT2D eigenvalue weighted by molar-refractivity contribution is 5.91. The Morgan fingerprint density at radius 3 is 2.30 bits per heavy atom. The number of fused-ring (bicyclic) bond motifs is 5. The average molecular weight is 615 g/mol. The lowest BCUT2D eigenvalue weighted by Crippen LogP contribution is -2.68. The Bertz CT molecular complexity index is 1210. The van der Waals surface area contributed by atoms with Gasteiger partial charge in [0.25, 0.3) is 0 Å². The van der Waals surface area contributed by atoms with Gasteiger partial charge >= 0.3 is 6.16 Å². The van der Waals surface area contributed by atoms with E-state index in [-0.39, 0.29) is 46.1 Å². The molecule has 0 aromatic rings. The van der Waals surface area contributed by atoms with E-state index < -0.39 is 23.5 Å². The molecule has 7 rings (SSSR count). The molecule has 0 spiro atoms. The van der Waals surface area contributed by atoms with Gasteiger partial charge in [-0.15, -0.1) is 0 Å². The molecule has 2 bridgehead atoms. The molecule has 0 aromatic heterocycles. The summed E-state index contributed by atoms with van der Waals surface area (Å²) in [6.07, 6.45) is 8.85. The maximum atomic E-state index is 14.0. The van der Waals surface area contributed by atoms with Gasteiger partial charge in [-0.1, -0.05) is 48.5 Å². The van der Waals surface area contributed by atoms with Crippen LogP contribution in [-0.4, -0.2) is 55.9 Å². The Balaban J connectivity index is 1.13. The summed E-state index contributed by atoms with van der Waals surface area (Å²) in [5.41, 5.74) is 0.336. The summed E-state index contributed by atoms with van der Waals surface area (Å²) in [4.78, 5) is 26.9. The van der Waals surface area contributed by atoms with Gasteiger partial charge in [-0.05, 0) is 122 Å². The predicted molar refractivity (Wildman–Crippen MR) is 166 cm³/mol. The second-order valence-electron chi connectivity index (χ2n) is 18.7. The maximum Gasteiger partial charge on any atom is 0.509 e. The van der Waals surface area contributed by atoms with Crippen LogP contribution in [0.25, 0.3) is 0 Å². The first-order chi connectivity index (χ1) is 20.4. The number of Topliss-reactive ketones (excluding diaryl/α,β-unsaturated/α-hetero) is 1. The maximum absolute atomic E-state index is 14.0. The van der Waals surface area contributed by atoms with E-state index in [1.807, 2.05) is 13.8 Å². The number of ether oxygens (including phenoxy) is 5. The second-order valence-corrected chi connectivity index (χ2v) is 18.7. The zero-order valence-electron chi connectivity index (χ0n) is 28.9. The molecule has 0 radical (unpaired) electrons. The van der Waals surface area contributed by atoms with Crippen molar-refractivity contribution in [3.8, 4) is 0 Å². The van der Waals surface area contributed by atoms with Crippen LogP contribution in [-0.2, 0) is 28.5 Å². The summed E-state index contributed by atoms with van der Waals surface area (Å²) in [7, 11) is 0. The molecular formula is C37H58O7. The Morgan fingerprint density at radius 2 is 1.59 bits per heavy atom. The fourth-order valence-corrected chi connectivity index (χ4v) is 13.1. The van der Waals surface area contributed by atoms with Crippen molar-refractivity contribution in [2.75, 3.05) is 19.8 Å². The van der Waals surface area contributed by atoms with Crippen molar-refractivity contribution in [3.63, 3.8) is 0 Å². The van der Waals surface area contributed by atoms with Crippen molar-refractivity contribution >= 4 is 11.9 Å². The Labute approximate surface area is 265 Å². The average Bonchev–Trinajstić information content (AvgIpc) is 3.46. The van der Waals surface area contributed by atoms with E-state index in [1.165, 1.54) is 44.9 Å². The van der Waals surface area contributed by atoms with Crippen LogP contribution >= 0.6 is 0 Å². The normalized spacial score (nSPS) is 51.4. The molecule has 44 heavy (non-hydrogen) atoms. The fraction of sp³-hybridized carbons (Fsp3) is 0.946. The molecule has 11 atom stereocenters. The number of carbonyl (C=O) groups excluding carboxylic acids is 2. The van der Waals surface area contributed by atoms with Crippen LogP contribution < -0.4 is 0 Å². The minimum Gasteiger partial charge on any atom is -0.431 e. The van der Waals surface area contributed by atoms with Crippen molar-refractivity contribution < 1.29 is 33.3 Å². The van der Waals surface area contributed by atoms with Gasteiger partial charge in [0.1, 0.15) is 12.7 Å². The molecule has 0 N–H and O–H groups in total. The molecule has 7 fully saturated rings. The largest absolute Gasteiger partial charge is 0.509 e. The van der Waals surface area contributed by atoms with Crippen molar-refractivity contribution in [3.05, 3.63) is 0 Å². The number of hydrogen-bond donors (Lipinski definition) is 0. The smallest absolute Gasteiger partial charge is 0.431 e. The van der Waals surface area contributed by atoms with Crippen LogP contribution in [0.5, 0.6) is 0 Å². The monoisotopic (exact) mass is 614 g/mol. The van der Waals surface area contributed by atoms with Gasteiger partial charge in [0, 0.05) is 5.41 Å². The Hall–Kier alpha value is -1.18. The summed E-state index contributed by atoms with van der Waals surface area (Å²) in [5.74, 6) is 1.43. The molecule has 2 heterocycles. The molecular weight excluding hydrogens is 556 g/mol. The van der Waals surface area contributed by atoms with E-state index in [4.69, 9.17) is 23.7 Å². The van der Waals surface area contributed by atoms with Gasteiger partial charge in [-0.25, -0.2) is 4.79 Å². The van der Waals surface area contributed by atoms with Crippen molar-refractivity contribution in [2.24, 2.45) is 56.2 Å². The van der Waals surface area contributed by atoms with Crippen LogP contribution in [0.1, 0.15) is 120 Å². The quantitative estimate of drug-likeness (QED) is 0.301. The number of ketones is 1. The predicted octanol–water partition coefficient (Wildman–Crippen LogP) is 7.73. The highest BCUT2D eigenvalue weighted by Gasteiger charge is 2.73. The molecule has 0 amide bonds. The van der Waals surface area contributed by atoms with E-state index in [9.17, 15) is 9.59 Å². The van der Waals surface area contributed by atoms with E-state index >= 15 is 0 Å². The second kappa shape index (κ2) is 9.69. The first-order valence-corrected chi connectivity index (χ1v) is 17.7. The molecule has 4 unspecified atom stereocenters. The van der Waals surface area contributed by atoms with Crippen LogP contribution in [0.15, 0.2) is 0 Å². The van der Waals surface area contributed by atoms with Crippen LogP contribution in [0.3, 0.4) is 0 Å². The van der Waals surface area contributed by atoms with Gasteiger partial charge in [0.15, 0.2) is 17.7 Å². The van der Waals surface area contributed by atoms with Gasteiger partial charge in [0.2, 0.25) is 0 Å². The van der Waals surface area contributed by atoms with Gasteiger partial charge in [-0.2, -0.15) is 0 Å². The summed E-state index contributed by atoms with van der Waals surface area (Å²) < 4.78 is 29.5. The zero-order valence-corrected chi connectivity index (χ0v) is 28.9. The van der Waals surface area contributed by atoms with Crippen molar-refractivity contribution in [1.82, 2.24) is 0 Å². The molecule has 7 heteroatoms. The highest BCUT2D eigenvalue weighted by atomic mass is 16.8. The minimum atomic E-state index is -0.790. The molecule has 2 saturated heterocycles. The van der Waals surface area contributed by atoms with Crippen LogP contribution in [0.4, 0.5) is 4.79 Å². The molecule has 5 saturated carbocycles. The third kappa shape index (κ3) is 4.22. The lowest BCUT2D eigenvalue weighted by Gasteiger charge is -2.73. The summed E-state index contributed by atoms with van der Waals surface area (Å²) in [6, 6.07) is 0. The van der Waals surface area contributed by atoms with E-state index in [0.29, 0.717) is 42.3 Å². The molecule has 7 aliphatic rings. The highest BCUT2D eigenvalue weighted by Crippen LogP contribution is 2.77. The zero-order chi connectivity index (χ0) is 31.7. The van der Waals surface area contributed by atoms with E-state index in [0.717, 1.165) is 13.0 Å². The number of rotatable bonds is 3. The lowest BCUT2D eigenvalue weighted by atomic mass is 9.31. The van der Waals surface area contributed by atoms with Crippen LogP contribution in [0, 0.1) is 56.2 Å². The summed E-state index contributed by atoms with van der Waals surface area (Å²) >= 11 is 0. The van der Waals surface area contributed by atoms with Crippen LogP contribution in [0.2, 0.25) is 0 Å². The number of carbonyl (C=O) groups is 2. The third-order valence-corrected chi connectivity index (χ3v) is 15.5. The first-order valence-electron chi connectivity index (χ1n) is 17.7. The van der Waals surface area contributed by atoms with Crippen molar-refractivity contribution in [1.29, 1.82) is 0 Å². The van der Waals surface area contributed by atoms with Gasteiger partial charge in [-0.3, -0.25) is 4.79 Å². The molecule has 0 aromatic carbocycles. The summed E-state index contributed by atoms with van der Waals surface area (Å²) in [6.45, 7) is 21.8. The summed E-state index contributed by atoms with van der Waals surface area (Å²) in [5, 5.41) is 0. The molecule has 2 aliphatic heterocycles. The molecule has 5 aliphatic carbocycles. The fourth-order valence-electron chi connectivity index (χ4n) is 13.1. The topological polar surface area (TPSA) is 80.3 Å². The Morgan fingerprint density at radius 1 is 0.864 bits per heavy atom. The Kier molecular flexibility index (Phi) is 6.92. The number of hydrogen-bond acceptors (Lipinski definition) is 7. The van der Waals surface area contributed by atoms with Gasteiger partial charge < -0.3 is 23.7 Å². The lowest BCUT2D eigenvalue weighted by molar-refractivity contribution is -0.246. The SMILES string of the molecule is CC1(C)OCC(COC(=O)OC2C[C@]3(C)[C@H]4CC[C@@H]5C6C7OC[C@@]6(CCC7(C)C)CC[C@@]5(C)[C@]4(C)CC[C@H]3C(C)(C)C2=O)O1. The van der Waals surface area contributed by atoms with E-state index in [2.05, 4.69) is 48.5 Å². The van der Waals surface area contributed by atoms with Crippen molar-refractivity contribution in [2.45, 2.75) is 144 Å². The molecule has 7 nitrogen and oxygen atoms in total. The van der Waals surface area contributed by atoms with E-state index in [1.54, 1.807) is 0 Å².